The third-order valence-corrected chi connectivity index (χ3v) is 4.18. The standard InChI is InChI=1S/C15H24O2/c1-11-5-7-12(8-6-11)15(4)10-13(16)9-14(2,3)17-15/h5,12H,6-10H2,1-4H3/t12-,15-/m0/s1. The van der Waals surface area contributed by atoms with Crippen LogP contribution in [-0.2, 0) is 9.53 Å². The molecule has 17 heavy (non-hydrogen) atoms. The normalized spacial score (nSPS) is 37.8. The number of hydrogen-bond donors (Lipinski definition) is 0. The van der Waals surface area contributed by atoms with Crippen LogP contribution in [0.2, 0.25) is 0 Å². The van der Waals surface area contributed by atoms with Gasteiger partial charge in [-0.15, -0.1) is 0 Å². The maximum absolute atomic E-state index is 11.9. The molecule has 2 aliphatic rings. The number of carbonyl (C=O) groups excluding carboxylic acids is 1. The lowest BCUT2D eigenvalue weighted by Gasteiger charge is -2.47. The topological polar surface area (TPSA) is 26.3 Å². The lowest BCUT2D eigenvalue weighted by atomic mass is 9.73. The van der Waals surface area contributed by atoms with E-state index in [4.69, 9.17) is 4.74 Å². The van der Waals surface area contributed by atoms with Crippen molar-refractivity contribution in [3.63, 3.8) is 0 Å². The third kappa shape index (κ3) is 2.79. The van der Waals surface area contributed by atoms with Gasteiger partial charge in [-0.1, -0.05) is 11.6 Å². The number of carbonyl (C=O) groups is 1. The summed E-state index contributed by atoms with van der Waals surface area (Å²) < 4.78 is 6.26. The second kappa shape index (κ2) is 4.24. The molecule has 0 amide bonds. The average molecular weight is 236 g/mol. The molecule has 1 fully saturated rings. The molecule has 2 rings (SSSR count). The van der Waals surface area contributed by atoms with E-state index in [1.54, 1.807) is 0 Å². The fourth-order valence-corrected chi connectivity index (χ4v) is 3.38. The van der Waals surface area contributed by atoms with Crippen LogP contribution in [0.1, 0.15) is 59.8 Å². The van der Waals surface area contributed by atoms with Crippen LogP contribution < -0.4 is 0 Å². The second-order valence-electron chi connectivity index (χ2n) is 6.59. The van der Waals surface area contributed by atoms with Crippen LogP contribution in [0.25, 0.3) is 0 Å². The number of allylic oxidation sites excluding steroid dienone is 2. The molecule has 1 saturated heterocycles. The smallest absolute Gasteiger partial charge is 0.138 e. The van der Waals surface area contributed by atoms with Gasteiger partial charge in [0.05, 0.1) is 11.2 Å². The van der Waals surface area contributed by atoms with Crippen molar-refractivity contribution in [2.24, 2.45) is 5.92 Å². The minimum absolute atomic E-state index is 0.254. The number of rotatable bonds is 1. The van der Waals surface area contributed by atoms with E-state index in [-0.39, 0.29) is 11.2 Å². The molecular formula is C15H24O2. The lowest BCUT2D eigenvalue weighted by molar-refractivity contribution is -0.192. The van der Waals surface area contributed by atoms with Gasteiger partial charge in [-0.25, -0.2) is 0 Å². The predicted octanol–water partition coefficient (Wildman–Crippen LogP) is 3.65. The van der Waals surface area contributed by atoms with Crippen LogP contribution in [0.15, 0.2) is 11.6 Å². The molecule has 1 heterocycles. The zero-order valence-electron chi connectivity index (χ0n) is 11.5. The highest BCUT2D eigenvalue weighted by molar-refractivity contribution is 5.81. The van der Waals surface area contributed by atoms with E-state index >= 15 is 0 Å². The first-order valence-corrected chi connectivity index (χ1v) is 6.68. The molecule has 0 aromatic carbocycles. The van der Waals surface area contributed by atoms with Gasteiger partial charge in [0.2, 0.25) is 0 Å². The molecule has 0 aromatic heterocycles. The Morgan fingerprint density at radius 1 is 1.29 bits per heavy atom. The summed E-state index contributed by atoms with van der Waals surface area (Å²) in [5.41, 5.74) is 0.933. The molecule has 0 saturated carbocycles. The molecule has 96 valence electrons. The summed E-state index contributed by atoms with van der Waals surface area (Å²) in [5.74, 6) is 0.852. The van der Waals surface area contributed by atoms with Gasteiger partial charge in [0.15, 0.2) is 0 Å². The van der Waals surface area contributed by atoms with E-state index in [2.05, 4.69) is 19.9 Å². The molecule has 2 nitrogen and oxygen atoms in total. The Morgan fingerprint density at radius 2 is 2.00 bits per heavy atom. The molecule has 1 aliphatic carbocycles. The number of ether oxygens (including phenoxy) is 1. The quantitative estimate of drug-likeness (QED) is 0.650. The van der Waals surface area contributed by atoms with E-state index in [1.165, 1.54) is 5.57 Å². The Morgan fingerprint density at radius 3 is 2.53 bits per heavy atom. The fourth-order valence-electron chi connectivity index (χ4n) is 3.38. The Labute approximate surface area is 104 Å². The van der Waals surface area contributed by atoms with Gasteiger partial charge >= 0.3 is 0 Å². The van der Waals surface area contributed by atoms with E-state index in [1.807, 2.05) is 13.8 Å². The molecule has 2 atom stereocenters. The molecule has 0 radical (unpaired) electrons. The van der Waals surface area contributed by atoms with Gasteiger partial charge in [-0.05, 0) is 52.9 Å². The van der Waals surface area contributed by atoms with Crippen molar-refractivity contribution < 1.29 is 9.53 Å². The van der Waals surface area contributed by atoms with Crippen molar-refractivity contribution in [1.82, 2.24) is 0 Å². The van der Waals surface area contributed by atoms with Gasteiger partial charge in [-0.3, -0.25) is 4.79 Å². The van der Waals surface area contributed by atoms with Gasteiger partial charge in [0.1, 0.15) is 5.78 Å². The zero-order valence-corrected chi connectivity index (χ0v) is 11.5. The summed E-state index contributed by atoms with van der Waals surface area (Å²) in [7, 11) is 0. The Bertz CT molecular complexity index is 354. The van der Waals surface area contributed by atoms with Gasteiger partial charge in [0, 0.05) is 12.8 Å². The summed E-state index contributed by atoms with van der Waals surface area (Å²) >= 11 is 0. The van der Waals surface area contributed by atoms with Gasteiger partial charge in [0.25, 0.3) is 0 Å². The van der Waals surface area contributed by atoms with Crippen LogP contribution in [0.4, 0.5) is 0 Å². The van der Waals surface area contributed by atoms with Crippen LogP contribution in [-0.4, -0.2) is 17.0 Å². The van der Waals surface area contributed by atoms with Crippen molar-refractivity contribution >= 4 is 5.78 Å². The molecule has 0 N–H and O–H groups in total. The Hall–Kier alpha value is -0.630. The molecule has 0 unspecified atom stereocenters. The minimum Gasteiger partial charge on any atom is -0.368 e. The molecule has 1 aliphatic heterocycles. The van der Waals surface area contributed by atoms with E-state index in [0.717, 1.165) is 19.3 Å². The summed E-state index contributed by atoms with van der Waals surface area (Å²) in [6.07, 6.45) is 6.83. The molecular weight excluding hydrogens is 212 g/mol. The van der Waals surface area contributed by atoms with E-state index in [9.17, 15) is 4.79 Å². The van der Waals surface area contributed by atoms with Crippen LogP contribution in [0.3, 0.4) is 0 Å². The highest BCUT2D eigenvalue weighted by atomic mass is 16.5. The zero-order chi connectivity index (χ0) is 12.7. The second-order valence-corrected chi connectivity index (χ2v) is 6.59. The fraction of sp³-hybridized carbons (Fsp3) is 0.800. The van der Waals surface area contributed by atoms with Crippen molar-refractivity contribution in [2.75, 3.05) is 0 Å². The summed E-state index contributed by atoms with van der Waals surface area (Å²) in [5, 5.41) is 0. The first kappa shape index (κ1) is 12.8. The maximum Gasteiger partial charge on any atom is 0.138 e. The molecule has 0 aromatic rings. The van der Waals surface area contributed by atoms with Crippen molar-refractivity contribution in [3.05, 3.63) is 11.6 Å². The van der Waals surface area contributed by atoms with Gasteiger partial charge < -0.3 is 4.74 Å². The number of Topliss-reactive ketones (excluding diaryl/α,β-unsaturated/α-hetero) is 1. The van der Waals surface area contributed by atoms with Crippen LogP contribution in [0, 0.1) is 5.92 Å². The third-order valence-electron chi connectivity index (χ3n) is 4.18. The van der Waals surface area contributed by atoms with Crippen molar-refractivity contribution in [2.45, 2.75) is 71.0 Å². The lowest BCUT2D eigenvalue weighted by Crippen LogP contribution is -2.51. The first-order chi connectivity index (χ1) is 7.81. The number of hydrogen-bond acceptors (Lipinski definition) is 2. The highest BCUT2D eigenvalue weighted by Gasteiger charge is 2.46. The monoisotopic (exact) mass is 236 g/mol. The molecule has 0 bridgehead atoms. The summed E-state index contributed by atoms with van der Waals surface area (Å²) in [6.45, 7) is 8.39. The Kier molecular flexibility index (Phi) is 3.19. The Balaban J connectivity index is 2.15. The van der Waals surface area contributed by atoms with E-state index < -0.39 is 0 Å². The van der Waals surface area contributed by atoms with Crippen molar-refractivity contribution in [3.8, 4) is 0 Å². The van der Waals surface area contributed by atoms with Crippen LogP contribution in [0.5, 0.6) is 0 Å². The maximum atomic E-state index is 11.9. The average Bonchev–Trinajstić information content (AvgIpc) is 2.14. The minimum atomic E-state index is -0.291. The van der Waals surface area contributed by atoms with Gasteiger partial charge in [-0.2, -0.15) is 0 Å². The largest absolute Gasteiger partial charge is 0.368 e. The van der Waals surface area contributed by atoms with Crippen LogP contribution >= 0.6 is 0 Å². The predicted molar refractivity (Wildman–Crippen MR) is 68.9 cm³/mol. The van der Waals surface area contributed by atoms with E-state index in [0.29, 0.717) is 24.5 Å². The highest BCUT2D eigenvalue weighted by Crippen LogP contribution is 2.43. The number of ketones is 1. The SMILES string of the molecule is CC1=CC[C@H]([C@]2(C)CC(=O)CC(C)(C)O2)CC1. The molecule has 0 spiro atoms. The molecule has 2 heteroatoms. The summed E-state index contributed by atoms with van der Waals surface area (Å²) in [6, 6.07) is 0. The first-order valence-electron chi connectivity index (χ1n) is 6.68. The van der Waals surface area contributed by atoms with Crippen molar-refractivity contribution in [1.29, 1.82) is 0 Å². The summed E-state index contributed by atoms with van der Waals surface area (Å²) in [4.78, 5) is 11.9.